The van der Waals surface area contributed by atoms with Gasteiger partial charge >= 0.3 is 7.12 Å². The fourth-order valence-corrected chi connectivity index (χ4v) is 0.775. The van der Waals surface area contributed by atoms with Gasteiger partial charge in [-0.25, -0.2) is 0 Å². The fraction of sp³-hybridized carbons (Fsp3) is 0. The van der Waals surface area contributed by atoms with Gasteiger partial charge in [0.15, 0.2) is 0 Å². The van der Waals surface area contributed by atoms with Crippen molar-refractivity contribution in [3.63, 3.8) is 0 Å². The first kappa shape index (κ1) is 7.72. The van der Waals surface area contributed by atoms with Gasteiger partial charge in [-0.3, -0.25) is 4.98 Å². The van der Waals surface area contributed by atoms with E-state index < -0.39 is 7.12 Å². The summed E-state index contributed by atoms with van der Waals surface area (Å²) in [5, 5.41) is 17.2. The van der Waals surface area contributed by atoms with Crippen LogP contribution in [0.25, 0.3) is 0 Å². The van der Waals surface area contributed by atoms with E-state index in [1.165, 1.54) is 12.3 Å². The highest BCUT2D eigenvalue weighted by Gasteiger charge is 2.10. The number of hydrogen-bond acceptors (Lipinski definition) is 3. The van der Waals surface area contributed by atoms with Crippen LogP contribution in [0.4, 0.5) is 0 Å². The summed E-state index contributed by atoms with van der Waals surface area (Å²) in [6.45, 7) is 0. The Hall–Kier alpha value is -0.385. The van der Waals surface area contributed by atoms with Crippen LogP contribution in [0.15, 0.2) is 22.8 Å². The quantitative estimate of drug-likeness (QED) is 0.604. The van der Waals surface area contributed by atoms with E-state index in [9.17, 15) is 0 Å². The van der Waals surface area contributed by atoms with Crippen LogP contribution in [0.1, 0.15) is 0 Å². The minimum Gasteiger partial charge on any atom is -0.422 e. The smallest absolute Gasteiger partial charge is 0.422 e. The Kier molecular flexibility index (Phi) is 2.42. The summed E-state index contributed by atoms with van der Waals surface area (Å²) in [5.74, 6) is 0. The summed E-state index contributed by atoms with van der Waals surface area (Å²) in [4.78, 5) is 3.73. The molecule has 5 heteroatoms. The van der Waals surface area contributed by atoms with E-state index in [1.807, 2.05) is 0 Å². The number of halogens is 1. The maximum Gasteiger partial charge on any atom is 0.508 e. The highest BCUT2D eigenvalue weighted by atomic mass is 79.9. The third-order valence-electron chi connectivity index (χ3n) is 1.01. The summed E-state index contributed by atoms with van der Waals surface area (Å²) in [5.41, 5.74) is 0.253. The molecule has 10 heavy (non-hydrogen) atoms. The van der Waals surface area contributed by atoms with Gasteiger partial charge < -0.3 is 10.0 Å². The Morgan fingerprint density at radius 2 is 2.10 bits per heavy atom. The molecule has 0 amide bonds. The third kappa shape index (κ3) is 1.80. The molecule has 0 saturated heterocycles. The first-order valence-corrected chi connectivity index (χ1v) is 3.47. The van der Waals surface area contributed by atoms with E-state index in [-0.39, 0.29) is 5.59 Å². The molecule has 0 aromatic carbocycles. The lowest BCUT2D eigenvalue weighted by molar-refractivity contribution is 0.424. The molecule has 1 aromatic heterocycles. The maximum atomic E-state index is 8.59. The molecule has 3 nitrogen and oxygen atoms in total. The van der Waals surface area contributed by atoms with Crippen molar-refractivity contribution < 1.29 is 10.0 Å². The molecule has 1 heterocycles. The number of pyridine rings is 1. The lowest BCUT2D eigenvalue weighted by atomic mass is 9.86. The topological polar surface area (TPSA) is 53.4 Å². The van der Waals surface area contributed by atoms with Crippen molar-refractivity contribution in [2.75, 3.05) is 0 Å². The second-order valence-corrected chi connectivity index (χ2v) is 2.69. The molecule has 0 aliphatic carbocycles. The zero-order valence-electron chi connectivity index (χ0n) is 5.03. The van der Waals surface area contributed by atoms with Crippen LogP contribution in [0.5, 0.6) is 0 Å². The standard InChI is InChI=1S/C5H5BBrNO2/c7-4-1-2-5(6(9)10)8-3-4/h1-3,9-10H. The van der Waals surface area contributed by atoms with Crippen LogP contribution in [0.2, 0.25) is 0 Å². The summed E-state index contributed by atoms with van der Waals surface area (Å²) < 4.78 is 0.817. The normalized spacial score (nSPS) is 9.50. The summed E-state index contributed by atoms with van der Waals surface area (Å²) in [7, 11) is -1.48. The summed E-state index contributed by atoms with van der Waals surface area (Å²) in [6, 6.07) is 3.23. The van der Waals surface area contributed by atoms with Crippen LogP contribution >= 0.6 is 15.9 Å². The molecule has 0 aliphatic rings. The fourth-order valence-electron chi connectivity index (χ4n) is 0.540. The minimum absolute atomic E-state index is 0.253. The van der Waals surface area contributed by atoms with E-state index in [0.717, 1.165) is 4.47 Å². The molecular formula is C5H5BBrNO2. The van der Waals surface area contributed by atoms with Gasteiger partial charge in [0, 0.05) is 10.7 Å². The van der Waals surface area contributed by atoms with Crippen LogP contribution in [0, 0.1) is 0 Å². The number of hydrogen-bond donors (Lipinski definition) is 2. The van der Waals surface area contributed by atoms with Crippen molar-refractivity contribution in [1.29, 1.82) is 0 Å². The Balaban J connectivity index is 2.89. The molecule has 0 unspecified atom stereocenters. The average molecular weight is 202 g/mol. The molecule has 0 bridgehead atoms. The van der Waals surface area contributed by atoms with Crippen molar-refractivity contribution in [1.82, 2.24) is 4.98 Å². The first-order chi connectivity index (χ1) is 4.70. The predicted molar refractivity (Wildman–Crippen MR) is 41.8 cm³/mol. The van der Waals surface area contributed by atoms with Gasteiger partial charge in [-0.15, -0.1) is 0 Å². The van der Waals surface area contributed by atoms with Crippen LogP contribution in [-0.2, 0) is 0 Å². The third-order valence-corrected chi connectivity index (χ3v) is 1.48. The Morgan fingerprint density at radius 3 is 2.50 bits per heavy atom. The maximum absolute atomic E-state index is 8.59. The molecule has 1 aromatic rings. The first-order valence-electron chi connectivity index (χ1n) is 2.68. The zero-order valence-corrected chi connectivity index (χ0v) is 6.62. The Bertz CT molecular complexity index is 213. The van der Waals surface area contributed by atoms with Crippen molar-refractivity contribution >= 4 is 28.6 Å². The molecule has 0 radical (unpaired) electrons. The molecule has 52 valence electrons. The van der Waals surface area contributed by atoms with Gasteiger partial charge in [-0.1, -0.05) is 0 Å². The van der Waals surface area contributed by atoms with Gasteiger partial charge in [0.05, 0.1) is 5.59 Å². The monoisotopic (exact) mass is 201 g/mol. The van der Waals surface area contributed by atoms with E-state index in [0.29, 0.717) is 0 Å². The molecule has 0 saturated carbocycles. The van der Waals surface area contributed by atoms with E-state index >= 15 is 0 Å². The summed E-state index contributed by atoms with van der Waals surface area (Å²) in [6.07, 6.45) is 1.51. The molecule has 0 aliphatic heterocycles. The lowest BCUT2D eigenvalue weighted by Crippen LogP contribution is -2.32. The lowest BCUT2D eigenvalue weighted by Gasteiger charge is -1.95. The van der Waals surface area contributed by atoms with E-state index in [2.05, 4.69) is 20.9 Å². The van der Waals surface area contributed by atoms with Gasteiger partial charge in [0.25, 0.3) is 0 Å². The van der Waals surface area contributed by atoms with Crippen LogP contribution in [0.3, 0.4) is 0 Å². The van der Waals surface area contributed by atoms with Crippen LogP contribution < -0.4 is 5.59 Å². The van der Waals surface area contributed by atoms with Crippen molar-refractivity contribution in [2.24, 2.45) is 0 Å². The van der Waals surface area contributed by atoms with Crippen LogP contribution in [-0.4, -0.2) is 22.2 Å². The number of nitrogens with zero attached hydrogens (tertiary/aromatic N) is 1. The molecular weight excluding hydrogens is 197 g/mol. The molecule has 0 spiro atoms. The van der Waals surface area contributed by atoms with Crippen molar-refractivity contribution in [3.05, 3.63) is 22.8 Å². The van der Waals surface area contributed by atoms with E-state index in [1.54, 1.807) is 6.07 Å². The highest BCUT2D eigenvalue weighted by Crippen LogP contribution is 2.02. The van der Waals surface area contributed by atoms with Crippen molar-refractivity contribution in [3.8, 4) is 0 Å². The van der Waals surface area contributed by atoms with Gasteiger partial charge in [-0.05, 0) is 28.1 Å². The van der Waals surface area contributed by atoms with Gasteiger partial charge in [-0.2, -0.15) is 0 Å². The number of rotatable bonds is 1. The SMILES string of the molecule is OB(O)c1ccc(Br)cn1. The average Bonchev–Trinajstić information content (AvgIpc) is 1.88. The van der Waals surface area contributed by atoms with Gasteiger partial charge in [0.2, 0.25) is 0 Å². The second-order valence-electron chi connectivity index (χ2n) is 1.77. The van der Waals surface area contributed by atoms with Gasteiger partial charge in [0.1, 0.15) is 0 Å². The zero-order chi connectivity index (χ0) is 7.56. The Morgan fingerprint density at radius 1 is 1.40 bits per heavy atom. The number of aromatic nitrogens is 1. The summed E-state index contributed by atoms with van der Waals surface area (Å²) >= 11 is 3.17. The predicted octanol–water partition coefficient (Wildman–Crippen LogP) is -0.476. The minimum atomic E-state index is -1.48. The molecule has 2 N–H and O–H groups in total. The molecule has 0 fully saturated rings. The molecule has 0 atom stereocenters. The Labute approximate surface area is 67.0 Å². The second kappa shape index (κ2) is 3.14. The van der Waals surface area contributed by atoms with Crippen molar-refractivity contribution in [2.45, 2.75) is 0 Å². The largest absolute Gasteiger partial charge is 0.508 e. The molecule has 1 rings (SSSR count). The highest BCUT2D eigenvalue weighted by molar-refractivity contribution is 9.10. The van der Waals surface area contributed by atoms with E-state index in [4.69, 9.17) is 10.0 Å².